The summed E-state index contributed by atoms with van der Waals surface area (Å²) in [5.41, 5.74) is 1.79. The quantitative estimate of drug-likeness (QED) is 0.777. The molecule has 5 heteroatoms. The summed E-state index contributed by atoms with van der Waals surface area (Å²) in [6.07, 6.45) is 2.77. The van der Waals surface area contributed by atoms with E-state index in [1.54, 1.807) is 0 Å². The van der Waals surface area contributed by atoms with Crippen LogP contribution >= 0.6 is 0 Å². The van der Waals surface area contributed by atoms with Crippen LogP contribution < -0.4 is 9.44 Å². The molecule has 0 amide bonds. The third kappa shape index (κ3) is 2.13. The maximum absolute atomic E-state index is 11.4. The van der Waals surface area contributed by atoms with Crippen LogP contribution in [0, 0.1) is 0 Å². The van der Waals surface area contributed by atoms with Crippen molar-refractivity contribution >= 4 is 15.9 Å². The van der Waals surface area contributed by atoms with Gasteiger partial charge in [-0.3, -0.25) is 4.31 Å². The van der Waals surface area contributed by atoms with Crippen molar-refractivity contribution in [3.05, 3.63) is 29.8 Å². The zero-order valence-electron chi connectivity index (χ0n) is 8.39. The van der Waals surface area contributed by atoms with Gasteiger partial charge in [-0.1, -0.05) is 18.2 Å². The topological polar surface area (TPSA) is 63.4 Å². The van der Waals surface area contributed by atoms with Crippen LogP contribution in [-0.4, -0.2) is 15.0 Å². The highest BCUT2D eigenvalue weighted by molar-refractivity contribution is 7.90. The van der Waals surface area contributed by atoms with Gasteiger partial charge in [0.2, 0.25) is 0 Å². The molecule has 1 aliphatic rings. The van der Waals surface area contributed by atoms with Gasteiger partial charge in [0, 0.05) is 6.54 Å². The van der Waals surface area contributed by atoms with Gasteiger partial charge in [-0.25, -0.2) is 5.14 Å². The van der Waals surface area contributed by atoms with Crippen molar-refractivity contribution in [3.63, 3.8) is 0 Å². The lowest BCUT2D eigenvalue weighted by Gasteiger charge is -2.21. The maximum atomic E-state index is 11.4. The Morgan fingerprint density at radius 1 is 1.20 bits per heavy atom. The molecule has 15 heavy (non-hydrogen) atoms. The van der Waals surface area contributed by atoms with Gasteiger partial charge >= 0.3 is 0 Å². The zero-order valence-corrected chi connectivity index (χ0v) is 9.20. The molecule has 0 radical (unpaired) electrons. The molecule has 0 aromatic heterocycles. The van der Waals surface area contributed by atoms with Crippen LogP contribution in [0.4, 0.5) is 5.69 Å². The van der Waals surface area contributed by atoms with Gasteiger partial charge in [0.1, 0.15) is 0 Å². The average Bonchev–Trinajstić information content (AvgIpc) is 2.38. The number of para-hydroxylation sites is 1. The van der Waals surface area contributed by atoms with Crippen molar-refractivity contribution in [2.24, 2.45) is 5.14 Å². The molecule has 1 aliphatic heterocycles. The minimum absolute atomic E-state index is 0.482. The van der Waals surface area contributed by atoms with E-state index in [0.29, 0.717) is 6.54 Å². The van der Waals surface area contributed by atoms with Crippen LogP contribution in [0.5, 0.6) is 0 Å². The minimum atomic E-state index is -3.63. The molecule has 0 saturated carbocycles. The standard InChI is InChI=1S/C10H14N2O2S/c11-15(13,14)12-8-4-3-6-9-5-1-2-7-10(9)12/h1-2,5,7H,3-4,6,8H2,(H2,11,13,14). The first-order valence-corrected chi connectivity index (χ1v) is 6.48. The molecular weight excluding hydrogens is 212 g/mol. The van der Waals surface area contributed by atoms with Crippen LogP contribution in [0.25, 0.3) is 0 Å². The molecule has 1 aromatic rings. The van der Waals surface area contributed by atoms with Crippen LogP contribution in [0.2, 0.25) is 0 Å². The first-order chi connectivity index (χ1) is 7.09. The molecular formula is C10H14N2O2S. The second kappa shape index (κ2) is 3.83. The van der Waals surface area contributed by atoms with E-state index in [4.69, 9.17) is 5.14 Å². The maximum Gasteiger partial charge on any atom is 0.299 e. The van der Waals surface area contributed by atoms with E-state index in [2.05, 4.69) is 0 Å². The van der Waals surface area contributed by atoms with Gasteiger partial charge in [0.05, 0.1) is 5.69 Å². The van der Waals surface area contributed by atoms with Crippen molar-refractivity contribution in [2.75, 3.05) is 10.8 Å². The SMILES string of the molecule is NS(=O)(=O)N1CCCCc2ccccc21. The number of hydrogen-bond acceptors (Lipinski definition) is 2. The first kappa shape index (κ1) is 10.4. The highest BCUT2D eigenvalue weighted by Gasteiger charge is 2.22. The van der Waals surface area contributed by atoms with Crippen molar-refractivity contribution in [2.45, 2.75) is 19.3 Å². The monoisotopic (exact) mass is 226 g/mol. The molecule has 2 rings (SSSR count). The number of anilines is 1. The highest BCUT2D eigenvalue weighted by Crippen LogP contribution is 2.26. The van der Waals surface area contributed by atoms with E-state index in [0.717, 1.165) is 30.5 Å². The molecule has 0 aliphatic carbocycles. The number of aryl methyl sites for hydroxylation is 1. The Kier molecular flexibility index (Phi) is 2.67. The fraction of sp³-hybridized carbons (Fsp3) is 0.400. The van der Waals surface area contributed by atoms with E-state index in [1.807, 2.05) is 24.3 Å². The molecule has 1 aromatic carbocycles. The summed E-state index contributed by atoms with van der Waals surface area (Å²) < 4.78 is 24.1. The fourth-order valence-electron chi connectivity index (χ4n) is 1.92. The van der Waals surface area contributed by atoms with Crippen molar-refractivity contribution < 1.29 is 8.42 Å². The summed E-state index contributed by atoms with van der Waals surface area (Å²) >= 11 is 0. The Balaban J connectivity index is 2.51. The van der Waals surface area contributed by atoms with Crippen molar-refractivity contribution in [3.8, 4) is 0 Å². The Labute approximate surface area is 89.9 Å². The number of fused-ring (bicyclic) bond motifs is 1. The normalized spacial score (nSPS) is 17.0. The molecule has 0 bridgehead atoms. The number of nitrogens with zero attached hydrogens (tertiary/aromatic N) is 1. The van der Waals surface area contributed by atoms with E-state index >= 15 is 0 Å². The van der Waals surface area contributed by atoms with Crippen molar-refractivity contribution in [1.82, 2.24) is 0 Å². The van der Waals surface area contributed by atoms with Gasteiger partial charge in [-0.2, -0.15) is 8.42 Å². The average molecular weight is 226 g/mol. The molecule has 0 spiro atoms. The highest BCUT2D eigenvalue weighted by atomic mass is 32.2. The second-order valence-corrected chi connectivity index (χ2v) is 5.17. The van der Waals surface area contributed by atoms with E-state index in [-0.39, 0.29) is 0 Å². The lowest BCUT2D eigenvalue weighted by Crippen LogP contribution is -2.37. The smallest absolute Gasteiger partial charge is 0.258 e. The third-order valence-electron chi connectivity index (χ3n) is 2.62. The summed E-state index contributed by atoms with van der Waals surface area (Å²) in [6, 6.07) is 7.53. The first-order valence-electron chi connectivity index (χ1n) is 4.97. The number of hydrogen-bond donors (Lipinski definition) is 1. The van der Waals surface area contributed by atoms with Crippen LogP contribution in [0.3, 0.4) is 0 Å². The molecule has 0 fully saturated rings. The molecule has 4 nitrogen and oxygen atoms in total. The van der Waals surface area contributed by atoms with Crippen LogP contribution in [0.1, 0.15) is 18.4 Å². The summed E-state index contributed by atoms with van der Waals surface area (Å²) in [6.45, 7) is 0.482. The largest absolute Gasteiger partial charge is 0.299 e. The number of rotatable bonds is 1. The van der Waals surface area contributed by atoms with Crippen LogP contribution in [-0.2, 0) is 16.6 Å². The lowest BCUT2D eigenvalue weighted by molar-refractivity contribution is 0.591. The Hall–Kier alpha value is -1.07. The zero-order chi connectivity index (χ0) is 10.9. The second-order valence-electron chi connectivity index (χ2n) is 3.70. The van der Waals surface area contributed by atoms with E-state index < -0.39 is 10.2 Å². The van der Waals surface area contributed by atoms with Gasteiger partial charge in [-0.15, -0.1) is 0 Å². The van der Waals surface area contributed by atoms with Gasteiger partial charge in [0.15, 0.2) is 0 Å². The molecule has 0 unspecified atom stereocenters. The molecule has 1 heterocycles. The summed E-state index contributed by atoms with van der Waals surface area (Å²) in [5.74, 6) is 0. The summed E-state index contributed by atoms with van der Waals surface area (Å²) in [5, 5.41) is 5.19. The third-order valence-corrected chi connectivity index (χ3v) is 3.62. The predicted molar refractivity (Wildman–Crippen MR) is 59.8 cm³/mol. The Morgan fingerprint density at radius 2 is 1.93 bits per heavy atom. The van der Waals surface area contributed by atoms with E-state index in [1.165, 1.54) is 4.31 Å². The van der Waals surface area contributed by atoms with Crippen LogP contribution in [0.15, 0.2) is 24.3 Å². The number of benzene rings is 1. The molecule has 0 atom stereocenters. The van der Waals surface area contributed by atoms with Gasteiger partial charge in [-0.05, 0) is 30.9 Å². The lowest BCUT2D eigenvalue weighted by atomic mass is 10.1. The Morgan fingerprint density at radius 3 is 2.67 bits per heavy atom. The summed E-state index contributed by atoms with van der Waals surface area (Å²) in [4.78, 5) is 0. The van der Waals surface area contributed by atoms with E-state index in [9.17, 15) is 8.42 Å². The van der Waals surface area contributed by atoms with Crippen molar-refractivity contribution in [1.29, 1.82) is 0 Å². The minimum Gasteiger partial charge on any atom is -0.258 e. The summed E-state index contributed by atoms with van der Waals surface area (Å²) in [7, 11) is -3.63. The molecule has 2 N–H and O–H groups in total. The fourth-order valence-corrected chi connectivity index (χ4v) is 2.76. The van der Waals surface area contributed by atoms with Gasteiger partial charge in [0.25, 0.3) is 10.2 Å². The Bertz CT molecular complexity index is 456. The predicted octanol–water partition coefficient (Wildman–Crippen LogP) is 1.03. The number of nitrogens with two attached hydrogens (primary N) is 1. The molecule has 0 saturated heterocycles. The van der Waals surface area contributed by atoms with Gasteiger partial charge < -0.3 is 0 Å². The molecule has 82 valence electrons.